The number of imidazole rings is 1. The summed E-state index contributed by atoms with van der Waals surface area (Å²) in [6.45, 7) is 1.53. The Hall–Kier alpha value is -0.920. The number of ether oxygens (including phenoxy) is 1. The third-order valence-electron chi connectivity index (χ3n) is 2.63. The fourth-order valence-corrected chi connectivity index (χ4v) is 2.25. The average molecular weight is 245 g/mol. The van der Waals surface area contributed by atoms with Gasteiger partial charge in [-0.2, -0.15) is 0 Å². The maximum atomic E-state index is 11.0. The lowest BCUT2D eigenvalue weighted by Crippen LogP contribution is -2.12. The van der Waals surface area contributed by atoms with Gasteiger partial charge in [-0.1, -0.05) is 0 Å². The van der Waals surface area contributed by atoms with Crippen molar-refractivity contribution in [1.29, 1.82) is 0 Å². The molecule has 1 aromatic rings. The predicted octanol–water partition coefficient (Wildman–Crippen LogP) is 0.0996. The topological polar surface area (TPSA) is 87.2 Å². The molecule has 1 saturated heterocycles. The van der Waals surface area contributed by atoms with Gasteiger partial charge in [0.15, 0.2) is 5.03 Å². The molecule has 90 valence electrons. The van der Waals surface area contributed by atoms with E-state index in [2.05, 4.69) is 4.98 Å². The van der Waals surface area contributed by atoms with Gasteiger partial charge in [0.1, 0.15) is 0 Å². The fourth-order valence-electron chi connectivity index (χ4n) is 1.77. The van der Waals surface area contributed by atoms with Crippen LogP contribution in [-0.2, 0) is 21.3 Å². The third-order valence-corrected chi connectivity index (χ3v) is 3.43. The van der Waals surface area contributed by atoms with Crippen LogP contribution in [0.25, 0.3) is 0 Å². The van der Waals surface area contributed by atoms with Crippen molar-refractivity contribution in [2.24, 2.45) is 5.14 Å². The molecule has 0 aliphatic carbocycles. The van der Waals surface area contributed by atoms with E-state index in [1.165, 1.54) is 12.5 Å². The van der Waals surface area contributed by atoms with Crippen molar-refractivity contribution in [3.63, 3.8) is 0 Å². The number of hydrogen-bond acceptors (Lipinski definition) is 4. The highest BCUT2D eigenvalue weighted by Gasteiger charge is 2.16. The van der Waals surface area contributed by atoms with Crippen LogP contribution in [0.1, 0.15) is 19.3 Å². The Bertz CT molecular complexity index is 448. The van der Waals surface area contributed by atoms with Gasteiger partial charge in [-0.3, -0.25) is 0 Å². The summed E-state index contributed by atoms with van der Waals surface area (Å²) in [6, 6.07) is 0. The molecule has 1 aliphatic heterocycles. The van der Waals surface area contributed by atoms with Crippen LogP contribution in [0.15, 0.2) is 17.6 Å². The maximum Gasteiger partial charge on any atom is 0.257 e. The van der Waals surface area contributed by atoms with Crippen LogP contribution < -0.4 is 5.14 Å². The van der Waals surface area contributed by atoms with Crippen LogP contribution in [0.4, 0.5) is 0 Å². The Morgan fingerprint density at radius 3 is 3.00 bits per heavy atom. The lowest BCUT2D eigenvalue weighted by atomic mass is 10.2. The number of aryl methyl sites for hydroxylation is 1. The molecule has 0 spiro atoms. The van der Waals surface area contributed by atoms with E-state index in [1.54, 1.807) is 4.57 Å². The summed E-state index contributed by atoms with van der Waals surface area (Å²) in [5.41, 5.74) is 0. The minimum Gasteiger partial charge on any atom is -0.378 e. The normalized spacial score (nSPS) is 21.4. The molecule has 1 unspecified atom stereocenters. The number of nitrogens with zero attached hydrogens (tertiary/aromatic N) is 2. The van der Waals surface area contributed by atoms with Crippen LogP contribution in [0.3, 0.4) is 0 Å². The Balaban J connectivity index is 1.92. The summed E-state index contributed by atoms with van der Waals surface area (Å²) >= 11 is 0. The van der Waals surface area contributed by atoms with E-state index in [1.807, 2.05) is 0 Å². The van der Waals surface area contributed by atoms with Gasteiger partial charge in [0.25, 0.3) is 10.0 Å². The van der Waals surface area contributed by atoms with Gasteiger partial charge in [0, 0.05) is 19.3 Å². The average Bonchev–Trinajstić information content (AvgIpc) is 2.85. The Morgan fingerprint density at radius 1 is 1.62 bits per heavy atom. The summed E-state index contributed by atoms with van der Waals surface area (Å²) < 4.78 is 29.2. The zero-order chi connectivity index (χ0) is 11.6. The van der Waals surface area contributed by atoms with Gasteiger partial charge in [-0.05, 0) is 19.3 Å². The minimum absolute atomic E-state index is 0.0835. The molecule has 16 heavy (non-hydrogen) atoms. The van der Waals surface area contributed by atoms with Crippen LogP contribution >= 0.6 is 0 Å². The molecular weight excluding hydrogens is 230 g/mol. The number of aromatic nitrogens is 2. The first kappa shape index (κ1) is 11.6. The molecule has 1 aliphatic rings. The van der Waals surface area contributed by atoms with E-state index in [0.717, 1.165) is 25.9 Å². The smallest absolute Gasteiger partial charge is 0.257 e. The largest absolute Gasteiger partial charge is 0.378 e. The second kappa shape index (κ2) is 4.52. The molecule has 6 nitrogen and oxygen atoms in total. The van der Waals surface area contributed by atoms with Crippen LogP contribution in [0.2, 0.25) is 0 Å². The van der Waals surface area contributed by atoms with Crippen LogP contribution in [0, 0.1) is 0 Å². The van der Waals surface area contributed by atoms with E-state index in [4.69, 9.17) is 9.88 Å². The quantitative estimate of drug-likeness (QED) is 0.815. The maximum absolute atomic E-state index is 11.0. The molecular formula is C9H15N3O3S. The van der Waals surface area contributed by atoms with E-state index in [-0.39, 0.29) is 5.03 Å². The Morgan fingerprint density at radius 2 is 2.44 bits per heavy atom. The molecule has 0 bridgehead atoms. The first-order chi connectivity index (χ1) is 7.55. The van der Waals surface area contributed by atoms with Gasteiger partial charge < -0.3 is 9.30 Å². The molecule has 7 heteroatoms. The van der Waals surface area contributed by atoms with Gasteiger partial charge >= 0.3 is 0 Å². The second-order valence-corrected chi connectivity index (χ2v) is 5.43. The first-order valence-electron chi connectivity index (χ1n) is 5.22. The molecule has 1 fully saturated rings. The number of rotatable bonds is 4. The summed E-state index contributed by atoms with van der Waals surface area (Å²) in [5, 5.41) is 4.88. The van der Waals surface area contributed by atoms with Crippen molar-refractivity contribution in [3.05, 3.63) is 12.5 Å². The van der Waals surface area contributed by atoms with Gasteiger partial charge in [0.05, 0.1) is 12.4 Å². The summed E-state index contributed by atoms with van der Waals surface area (Å²) in [7, 11) is -3.68. The van der Waals surface area contributed by atoms with Crippen LogP contribution in [-0.4, -0.2) is 30.7 Å². The summed E-state index contributed by atoms with van der Waals surface area (Å²) in [5.74, 6) is 0. The second-order valence-electron chi connectivity index (χ2n) is 3.92. The number of nitrogens with two attached hydrogens (primary N) is 1. The predicted molar refractivity (Wildman–Crippen MR) is 57.2 cm³/mol. The Labute approximate surface area is 94.5 Å². The molecule has 2 rings (SSSR count). The molecule has 2 N–H and O–H groups in total. The summed E-state index contributed by atoms with van der Waals surface area (Å²) in [4.78, 5) is 3.74. The van der Waals surface area contributed by atoms with Crippen molar-refractivity contribution in [1.82, 2.24) is 9.55 Å². The highest BCUT2D eigenvalue weighted by Crippen LogP contribution is 2.16. The number of hydrogen-bond donors (Lipinski definition) is 1. The van der Waals surface area contributed by atoms with Crippen molar-refractivity contribution in [3.8, 4) is 0 Å². The van der Waals surface area contributed by atoms with Crippen molar-refractivity contribution >= 4 is 10.0 Å². The lowest BCUT2D eigenvalue weighted by molar-refractivity contribution is 0.100. The zero-order valence-corrected chi connectivity index (χ0v) is 9.69. The van der Waals surface area contributed by atoms with Crippen molar-refractivity contribution in [2.75, 3.05) is 6.61 Å². The fraction of sp³-hybridized carbons (Fsp3) is 0.667. The highest BCUT2D eigenvalue weighted by atomic mass is 32.2. The summed E-state index contributed by atoms with van der Waals surface area (Å²) in [6.07, 6.45) is 6.29. The van der Waals surface area contributed by atoms with E-state index in [0.29, 0.717) is 12.6 Å². The van der Waals surface area contributed by atoms with E-state index in [9.17, 15) is 8.42 Å². The SMILES string of the molecule is NS(=O)(=O)c1cn(CCC2CCCO2)cn1. The molecule has 0 radical (unpaired) electrons. The van der Waals surface area contributed by atoms with E-state index < -0.39 is 10.0 Å². The van der Waals surface area contributed by atoms with Crippen LogP contribution in [0.5, 0.6) is 0 Å². The third kappa shape index (κ3) is 2.81. The van der Waals surface area contributed by atoms with Gasteiger partial charge in [0.2, 0.25) is 0 Å². The molecule has 2 heterocycles. The van der Waals surface area contributed by atoms with E-state index >= 15 is 0 Å². The molecule has 1 aromatic heterocycles. The monoisotopic (exact) mass is 245 g/mol. The van der Waals surface area contributed by atoms with Crippen molar-refractivity contribution < 1.29 is 13.2 Å². The highest BCUT2D eigenvalue weighted by molar-refractivity contribution is 7.89. The lowest BCUT2D eigenvalue weighted by Gasteiger charge is -2.08. The Kier molecular flexibility index (Phi) is 3.27. The minimum atomic E-state index is -3.68. The van der Waals surface area contributed by atoms with Gasteiger partial charge in [-0.15, -0.1) is 0 Å². The molecule has 0 aromatic carbocycles. The zero-order valence-electron chi connectivity index (χ0n) is 8.87. The number of sulfonamides is 1. The van der Waals surface area contributed by atoms with Crippen molar-refractivity contribution in [2.45, 2.75) is 36.9 Å². The standard InChI is InChI=1S/C9H15N3O3S/c10-16(13,14)9-6-12(7-11-9)4-3-8-2-1-5-15-8/h6-8H,1-5H2,(H2,10,13,14). The first-order valence-corrected chi connectivity index (χ1v) is 6.76. The molecule has 0 amide bonds. The van der Waals surface area contributed by atoms with Gasteiger partial charge in [-0.25, -0.2) is 18.5 Å². The molecule has 1 atom stereocenters. The molecule has 0 saturated carbocycles. The number of primary sulfonamides is 1.